The first kappa shape index (κ1) is 21.4. The van der Waals surface area contributed by atoms with Crippen molar-refractivity contribution in [2.24, 2.45) is 0 Å². The molecule has 0 fully saturated rings. The van der Waals surface area contributed by atoms with E-state index in [1.807, 2.05) is 22.1 Å². The Hall–Kier alpha value is -2.84. The molecule has 4 rings (SSSR count). The molecule has 3 aromatic rings. The van der Waals surface area contributed by atoms with E-state index in [1.54, 1.807) is 42.6 Å². The predicted octanol–water partition coefficient (Wildman–Crippen LogP) is 4.54. The lowest BCUT2D eigenvalue weighted by molar-refractivity contribution is 0.0991. The van der Waals surface area contributed by atoms with Gasteiger partial charge in [-0.1, -0.05) is 23.7 Å². The highest BCUT2D eigenvalue weighted by Crippen LogP contribution is 2.33. The van der Waals surface area contributed by atoms with Crippen molar-refractivity contribution in [2.45, 2.75) is 32.2 Å². The number of fused-ring (bicyclic) bond motifs is 1. The zero-order valence-electron chi connectivity index (χ0n) is 17.1. The summed E-state index contributed by atoms with van der Waals surface area (Å²) >= 11 is 7.69. The van der Waals surface area contributed by atoms with Crippen LogP contribution in [0.2, 0.25) is 5.02 Å². The van der Waals surface area contributed by atoms with E-state index >= 15 is 0 Å². The zero-order valence-corrected chi connectivity index (χ0v) is 18.7. The van der Waals surface area contributed by atoms with E-state index in [2.05, 4.69) is 10.3 Å². The Bertz CT molecular complexity index is 1080. The van der Waals surface area contributed by atoms with Crippen LogP contribution in [0.5, 0.6) is 5.88 Å². The highest BCUT2D eigenvalue weighted by atomic mass is 35.5. The second-order valence-electron chi connectivity index (χ2n) is 7.29. The summed E-state index contributed by atoms with van der Waals surface area (Å²) in [6.45, 7) is 1.16. The van der Waals surface area contributed by atoms with Crippen LogP contribution in [0.4, 0.5) is 10.6 Å². The highest BCUT2D eigenvalue weighted by Gasteiger charge is 2.28. The van der Waals surface area contributed by atoms with Crippen LogP contribution < -0.4 is 15.0 Å². The number of anilines is 1. The summed E-state index contributed by atoms with van der Waals surface area (Å²) in [4.78, 5) is 32.7. The van der Waals surface area contributed by atoms with E-state index in [1.165, 1.54) is 9.78 Å². The van der Waals surface area contributed by atoms with Gasteiger partial charge < -0.3 is 10.1 Å². The number of imidazole rings is 1. The average Bonchev–Trinajstić information content (AvgIpc) is 3.41. The quantitative estimate of drug-likeness (QED) is 0.588. The van der Waals surface area contributed by atoms with Crippen LogP contribution in [0.1, 0.15) is 33.9 Å². The number of nitrogens with one attached hydrogen (secondary N) is 1. The molecular formula is C22H23ClN4O3S. The van der Waals surface area contributed by atoms with E-state index in [9.17, 15) is 9.59 Å². The second kappa shape index (κ2) is 9.53. The molecule has 0 bridgehead atoms. The van der Waals surface area contributed by atoms with Gasteiger partial charge in [-0.15, -0.1) is 11.3 Å². The van der Waals surface area contributed by atoms with Crippen LogP contribution in [0.25, 0.3) is 0 Å². The first-order valence-corrected chi connectivity index (χ1v) is 11.4. The fourth-order valence-corrected chi connectivity index (χ4v) is 4.44. The lowest BCUT2D eigenvalue weighted by Crippen LogP contribution is -2.31. The largest absolute Gasteiger partial charge is 0.414 e. The third-order valence-corrected chi connectivity index (χ3v) is 6.29. The number of carbonyl (C=O) groups is 2. The third kappa shape index (κ3) is 4.91. The maximum absolute atomic E-state index is 13.0. The SMILES string of the molecule is CN(C(=O)c1cccc(Cl)c1)c1nc2n(c1OC(=O)NCCc1cccs1)CCCC2. The van der Waals surface area contributed by atoms with E-state index in [4.69, 9.17) is 16.3 Å². The first-order valence-electron chi connectivity index (χ1n) is 10.1. The fraction of sp³-hybridized carbons (Fsp3) is 0.318. The van der Waals surface area contributed by atoms with Gasteiger partial charge in [0.25, 0.3) is 5.91 Å². The Morgan fingerprint density at radius 3 is 2.94 bits per heavy atom. The number of aryl methyl sites for hydroxylation is 1. The van der Waals surface area contributed by atoms with Crippen LogP contribution >= 0.6 is 22.9 Å². The molecule has 9 heteroatoms. The molecule has 1 aliphatic heterocycles. The smallest absolute Gasteiger partial charge is 0.389 e. The minimum atomic E-state index is -0.560. The van der Waals surface area contributed by atoms with Crippen molar-refractivity contribution >= 4 is 40.8 Å². The Morgan fingerprint density at radius 2 is 2.16 bits per heavy atom. The van der Waals surface area contributed by atoms with Crippen molar-refractivity contribution in [1.29, 1.82) is 0 Å². The molecule has 1 aromatic carbocycles. The van der Waals surface area contributed by atoms with Crippen molar-refractivity contribution in [2.75, 3.05) is 18.5 Å². The molecule has 0 atom stereocenters. The molecule has 0 unspecified atom stereocenters. The topological polar surface area (TPSA) is 76.5 Å². The van der Waals surface area contributed by atoms with Crippen molar-refractivity contribution in [1.82, 2.24) is 14.9 Å². The van der Waals surface area contributed by atoms with Crippen molar-refractivity contribution in [3.8, 4) is 5.88 Å². The molecule has 31 heavy (non-hydrogen) atoms. The fourth-order valence-electron chi connectivity index (χ4n) is 3.54. The van der Waals surface area contributed by atoms with Crippen LogP contribution in [0.3, 0.4) is 0 Å². The monoisotopic (exact) mass is 458 g/mol. The number of rotatable bonds is 6. The summed E-state index contributed by atoms with van der Waals surface area (Å²) in [6, 6.07) is 10.7. The Morgan fingerprint density at radius 1 is 1.29 bits per heavy atom. The Balaban J connectivity index is 1.53. The normalized spacial score (nSPS) is 12.8. The van der Waals surface area contributed by atoms with Crippen LogP contribution in [-0.4, -0.2) is 35.1 Å². The first-order chi connectivity index (χ1) is 15.0. The molecule has 0 aliphatic carbocycles. The van der Waals surface area contributed by atoms with Crippen LogP contribution in [0, 0.1) is 0 Å². The third-order valence-electron chi connectivity index (χ3n) is 5.12. The number of amides is 2. The molecule has 1 N–H and O–H groups in total. The molecular weight excluding hydrogens is 436 g/mol. The summed E-state index contributed by atoms with van der Waals surface area (Å²) < 4.78 is 7.56. The standard InChI is InChI=1S/C22H23ClN4O3S/c1-26(20(28)15-6-4-7-16(23)14-15)19-21(27-12-3-2-9-18(27)25-19)30-22(29)24-11-10-17-8-5-13-31-17/h4-8,13-14H,2-3,9-12H2,1H3,(H,24,29). The van der Waals surface area contributed by atoms with E-state index in [0.29, 0.717) is 35.4 Å². The lowest BCUT2D eigenvalue weighted by atomic mass is 10.2. The van der Waals surface area contributed by atoms with E-state index < -0.39 is 6.09 Å². The van der Waals surface area contributed by atoms with Gasteiger partial charge in [0, 0.05) is 42.0 Å². The van der Waals surface area contributed by atoms with Gasteiger partial charge in [0.05, 0.1) is 0 Å². The Labute approximate surface area is 189 Å². The maximum Gasteiger partial charge on any atom is 0.414 e. The molecule has 0 saturated carbocycles. The summed E-state index contributed by atoms with van der Waals surface area (Å²) in [6.07, 6.45) is 2.92. The molecule has 0 spiro atoms. The molecule has 1 aliphatic rings. The number of aromatic nitrogens is 2. The van der Waals surface area contributed by atoms with E-state index in [0.717, 1.165) is 31.5 Å². The van der Waals surface area contributed by atoms with Gasteiger partial charge in [0.1, 0.15) is 5.82 Å². The van der Waals surface area contributed by atoms with Crippen molar-refractivity contribution in [3.05, 3.63) is 63.1 Å². The number of hydrogen-bond acceptors (Lipinski definition) is 5. The lowest BCUT2D eigenvalue weighted by Gasteiger charge is -2.18. The molecule has 2 amide bonds. The number of thiophene rings is 1. The van der Waals surface area contributed by atoms with Gasteiger partial charge in [-0.3, -0.25) is 14.3 Å². The number of carbonyl (C=O) groups excluding carboxylic acids is 2. The minimum Gasteiger partial charge on any atom is -0.389 e. The number of ether oxygens (including phenoxy) is 1. The van der Waals surface area contributed by atoms with Gasteiger partial charge >= 0.3 is 6.09 Å². The minimum absolute atomic E-state index is 0.277. The molecule has 2 aromatic heterocycles. The van der Waals surface area contributed by atoms with Crippen molar-refractivity contribution in [3.63, 3.8) is 0 Å². The van der Waals surface area contributed by atoms with Gasteiger partial charge in [-0.2, -0.15) is 0 Å². The van der Waals surface area contributed by atoms with Crippen LogP contribution in [0.15, 0.2) is 41.8 Å². The summed E-state index contributed by atoms with van der Waals surface area (Å²) in [5.74, 6) is 1.16. The summed E-state index contributed by atoms with van der Waals surface area (Å²) in [5.41, 5.74) is 0.437. The van der Waals surface area contributed by atoms with Crippen LogP contribution in [-0.2, 0) is 19.4 Å². The second-order valence-corrected chi connectivity index (χ2v) is 8.75. The van der Waals surface area contributed by atoms with Gasteiger partial charge in [-0.05, 0) is 48.9 Å². The number of hydrogen-bond donors (Lipinski definition) is 1. The highest BCUT2D eigenvalue weighted by molar-refractivity contribution is 7.09. The van der Waals surface area contributed by atoms with Gasteiger partial charge in [0.2, 0.25) is 5.88 Å². The summed E-state index contributed by atoms with van der Waals surface area (Å²) in [7, 11) is 1.62. The molecule has 162 valence electrons. The van der Waals surface area contributed by atoms with Gasteiger partial charge in [0.15, 0.2) is 5.82 Å². The number of benzene rings is 1. The molecule has 7 nitrogen and oxygen atoms in total. The average molecular weight is 459 g/mol. The van der Waals surface area contributed by atoms with E-state index in [-0.39, 0.29) is 5.91 Å². The van der Waals surface area contributed by atoms with Crippen molar-refractivity contribution < 1.29 is 14.3 Å². The zero-order chi connectivity index (χ0) is 21.8. The molecule has 3 heterocycles. The summed E-state index contributed by atoms with van der Waals surface area (Å²) in [5, 5.41) is 5.27. The molecule has 0 radical (unpaired) electrons. The Kier molecular flexibility index (Phi) is 6.58. The maximum atomic E-state index is 13.0. The predicted molar refractivity (Wildman–Crippen MR) is 121 cm³/mol. The number of halogens is 1. The van der Waals surface area contributed by atoms with Gasteiger partial charge in [-0.25, -0.2) is 9.78 Å². The number of nitrogens with zero attached hydrogens (tertiary/aromatic N) is 3. The molecule has 0 saturated heterocycles.